The zero-order valence-electron chi connectivity index (χ0n) is 25.1. The Bertz CT molecular complexity index is 1570. The van der Waals surface area contributed by atoms with E-state index >= 15 is 0 Å². The zero-order valence-corrected chi connectivity index (χ0v) is 28.3. The molecule has 2 amide bonds. The number of carbonyl (C=O) groups is 2. The highest BCUT2D eigenvalue weighted by atomic mass is 79.9. The van der Waals surface area contributed by atoms with Crippen LogP contribution in [0.25, 0.3) is 0 Å². The fourth-order valence-corrected chi connectivity index (χ4v) is 5.90. The van der Waals surface area contributed by atoms with E-state index in [0.717, 1.165) is 20.1 Å². The molecule has 0 saturated carbocycles. The third-order valence-electron chi connectivity index (χ3n) is 6.63. The Morgan fingerprint density at radius 2 is 1.76 bits per heavy atom. The lowest BCUT2D eigenvalue weighted by molar-refractivity contribution is -0.136. The van der Waals surface area contributed by atoms with Gasteiger partial charge < -0.3 is 34.7 Å². The first-order valence-corrected chi connectivity index (χ1v) is 15.6. The van der Waals surface area contributed by atoms with Gasteiger partial charge in [-0.05, 0) is 93.6 Å². The van der Waals surface area contributed by atoms with Gasteiger partial charge in [-0.1, -0.05) is 35.9 Å². The summed E-state index contributed by atoms with van der Waals surface area (Å²) in [6.45, 7) is 6.10. The summed E-state index contributed by atoms with van der Waals surface area (Å²) in [5.41, 5.74) is 6.90. The molecule has 45 heavy (non-hydrogen) atoms. The SMILES string of the molecule is CCOc1cc([C@H]2NC(=O)NC(C)=C2C(=O)OC)ccc1OC[C@H](O)N/N=C\c1cc(Br)c(OCc2ccc(C)cc2)c(Br)c1. The maximum Gasteiger partial charge on any atom is 0.337 e. The third kappa shape index (κ3) is 8.99. The van der Waals surface area contributed by atoms with E-state index in [1.54, 1.807) is 31.3 Å². The second-order valence-corrected chi connectivity index (χ2v) is 11.7. The van der Waals surface area contributed by atoms with Crippen LogP contribution in [0.3, 0.4) is 0 Å². The van der Waals surface area contributed by atoms with Gasteiger partial charge in [-0.15, -0.1) is 0 Å². The number of nitrogens with zero attached hydrogens (tertiary/aromatic N) is 1. The number of ether oxygens (including phenoxy) is 4. The molecule has 3 aromatic carbocycles. The highest BCUT2D eigenvalue weighted by Crippen LogP contribution is 2.36. The van der Waals surface area contributed by atoms with Gasteiger partial charge in [-0.25, -0.2) is 9.59 Å². The molecule has 0 aromatic heterocycles. The average molecular weight is 746 g/mol. The Hall–Kier alpha value is -4.07. The molecule has 4 rings (SSSR count). The summed E-state index contributed by atoms with van der Waals surface area (Å²) in [5, 5.41) is 19.9. The molecule has 2 atom stereocenters. The van der Waals surface area contributed by atoms with E-state index in [9.17, 15) is 14.7 Å². The van der Waals surface area contributed by atoms with Crippen molar-refractivity contribution < 1.29 is 33.6 Å². The molecule has 0 fully saturated rings. The molecule has 238 valence electrons. The molecule has 0 aliphatic carbocycles. The Morgan fingerprint density at radius 1 is 1.04 bits per heavy atom. The molecule has 1 heterocycles. The number of benzene rings is 3. The largest absolute Gasteiger partial charge is 0.490 e. The molecular formula is C32H34Br2N4O7. The normalized spacial score (nSPS) is 15.3. The molecule has 1 aliphatic heterocycles. The van der Waals surface area contributed by atoms with E-state index in [1.165, 1.54) is 12.7 Å². The van der Waals surface area contributed by atoms with E-state index in [4.69, 9.17) is 18.9 Å². The molecule has 11 nitrogen and oxygen atoms in total. The highest BCUT2D eigenvalue weighted by Gasteiger charge is 2.32. The number of halogens is 2. The topological polar surface area (TPSA) is 140 Å². The van der Waals surface area contributed by atoms with Crippen molar-refractivity contribution >= 4 is 50.1 Å². The lowest BCUT2D eigenvalue weighted by Gasteiger charge is -2.28. The number of methoxy groups -OCH3 is 1. The second kappa shape index (κ2) is 15.8. The number of carbonyl (C=O) groups excluding carboxylic acids is 2. The van der Waals surface area contributed by atoms with Gasteiger partial charge in [0.05, 0.1) is 40.5 Å². The van der Waals surface area contributed by atoms with Crippen LogP contribution < -0.4 is 30.3 Å². The number of allylic oxidation sites excluding steroid dienone is 1. The Kier molecular flexibility index (Phi) is 11.9. The van der Waals surface area contributed by atoms with Crippen molar-refractivity contribution in [1.29, 1.82) is 0 Å². The first-order valence-electron chi connectivity index (χ1n) is 14.0. The molecule has 0 bridgehead atoms. The number of nitrogens with one attached hydrogen (secondary N) is 3. The van der Waals surface area contributed by atoms with Gasteiger partial charge in [0.2, 0.25) is 0 Å². The van der Waals surface area contributed by atoms with E-state index < -0.39 is 24.3 Å². The van der Waals surface area contributed by atoms with Gasteiger partial charge >= 0.3 is 12.0 Å². The van der Waals surface area contributed by atoms with Crippen molar-refractivity contribution in [3.8, 4) is 17.2 Å². The number of aliphatic hydroxyl groups is 1. The van der Waals surface area contributed by atoms with Gasteiger partial charge in [-0.2, -0.15) is 5.10 Å². The first kappa shape index (κ1) is 33.8. The number of rotatable bonds is 13. The fourth-order valence-electron chi connectivity index (χ4n) is 4.45. The van der Waals surface area contributed by atoms with E-state index in [-0.39, 0.29) is 12.2 Å². The predicted molar refractivity (Wildman–Crippen MR) is 176 cm³/mol. The molecular weight excluding hydrogens is 712 g/mol. The van der Waals surface area contributed by atoms with Crippen molar-refractivity contribution in [2.24, 2.45) is 5.10 Å². The summed E-state index contributed by atoms with van der Waals surface area (Å²) in [6, 6.07) is 15.7. The van der Waals surface area contributed by atoms with E-state index in [1.807, 2.05) is 50.2 Å². The molecule has 4 N–H and O–H groups in total. The second-order valence-electron chi connectivity index (χ2n) is 10.0. The zero-order chi connectivity index (χ0) is 32.5. The van der Waals surface area contributed by atoms with Crippen LogP contribution in [0, 0.1) is 6.92 Å². The van der Waals surface area contributed by atoms with Crippen LogP contribution in [-0.4, -0.2) is 49.9 Å². The van der Waals surface area contributed by atoms with E-state index in [2.05, 4.69) is 53.0 Å². The standard InChI is InChI=1S/C32H34Br2N4O7/c1-5-43-26-14-22(29-28(31(40)42-4)19(3)36-32(41)37-29)10-11-25(26)44-17-27(39)38-35-15-21-12-23(33)30(24(34)13-21)45-16-20-8-6-18(2)7-9-20/h6-15,27,29,38-39H,5,16-17H2,1-4H3,(H2,36,37,41)/b35-15-/t27-,29+/m0/s1. The Morgan fingerprint density at radius 3 is 2.42 bits per heavy atom. The third-order valence-corrected chi connectivity index (χ3v) is 7.81. The van der Waals surface area contributed by atoms with Crippen molar-refractivity contribution in [2.75, 3.05) is 20.3 Å². The quantitative estimate of drug-likeness (QED) is 0.0766. The monoisotopic (exact) mass is 744 g/mol. The van der Waals surface area contributed by atoms with E-state index in [0.29, 0.717) is 41.7 Å². The summed E-state index contributed by atoms with van der Waals surface area (Å²) in [5.74, 6) is 0.834. The van der Waals surface area contributed by atoms with Gasteiger partial charge in [0.15, 0.2) is 17.7 Å². The summed E-state index contributed by atoms with van der Waals surface area (Å²) in [4.78, 5) is 24.6. The molecule has 1 aliphatic rings. The number of aryl methyl sites for hydroxylation is 1. The minimum absolute atomic E-state index is 0.146. The maximum atomic E-state index is 12.4. The lowest BCUT2D eigenvalue weighted by atomic mass is 9.95. The molecule has 0 spiro atoms. The number of esters is 1. The summed E-state index contributed by atoms with van der Waals surface area (Å²) in [7, 11) is 1.28. The summed E-state index contributed by atoms with van der Waals surface area (Å²) >= 11 is 7.11. The smallest absolute Gasteiger partial charge is 0.337 e. The fraction of sp³-hybridized carbons (Fsp3) is 0.281. The summed E-state index contributed by atoms with van der Waals surface area (Å²) in [6.07, 6.45) is 0.421. The molecule has 0 saturated heterocycles. The predicted octanol–water partition coefficient (Wildman–Crippen LogP) is 5.62. The van der Waals surface area contributed by atoms with Crippen LogP contribution in [-0.2, 0) is 16.1 Å². The summed E-state index contributed by atoms with van der Waals surface area (Å²) < 4.78 is 24.0. The number of hydrazone groups is 1. The van der Waals surface area contributed by atoms with Crippen molar-refractivity contribution in [2.45, 2.75) is 39.6 Å². The van der Waals surface area contributed by atoms with Gasteiger partial charge in [-0.3, -0.25) is 5.43 Å². The number of hydrogen-bond acceptors (Lipinski definition) is 9. The Labute approximate surface area is 278 Å². The van der Waals surface area contributed by atoms with Crippen molar-refractivity contribution in [1.82, 2.24) is 16.1 Å². The van der Waals surface area contributed by atoms with Crippen LogP contribution >= 0.6 is 31.9 Å². The van der Waals surface area contributed by atoms with Gasteiger partial charge in [0, 0.05) is 5.70 Å². The maximum absolute atomic E-state index is 12.4. The van der Waals surface area contributed by atoms with Crippen LogP contribution in [0.15, 0.2) is 79.9 Å². The van der Waals surface area contributed by atoms with Crippen molar-refractivity contribution in [3.63, 3.8) is 0 Å². The minimum atomic E-state index is -1.14. The van der Waals surface area contributed by atoms with Crippen LogP contribution in [0.2, 0.25) is 0 Å². The lowest BCUT2D eigenvalue weighted by Crippen LogP contribution is -2.45. The Balaban J connectivity index is 1.37. The van der Waals surface area contributed by atoms with Crippen LogP contribution in [0.5, 0.6) is 17.2 Å². The number of amides is 2. The van der Waals surface area contributed by atoms with Crippen LogP contribution in [0.1, 0.15) is 42.1 Å². The van der Waals surface area contributed by atoms with Crippen LogP contribution in [0.4, 0.5) is 4.79 Å². The van der Waals surface area contributed by atoms with Gasteiger partial charge in [0.1, 0.15) is 19.0 Å². The molecule has 3 aromatic rings. The first-order chi connectivity index (χ1) is 21.6. The average Bonchev–Trinajstić information content (AvgIpc) is 3.00. The molecule has 0 radical (unpaired) electrons. The van der Waals surface area contributed by atoms with Gasteiger partial charge in [0.25, 0.3) is 0 Å². The number of urea groups is 1. The van der Waals surface area contributed by atoms with Crippen molar-refractivity contribution in [3.05, 3.63) is 97.1 Å². The highest BCUT2D eigenvalue weighted by molar-refractivity contribution is 9.11. The number of aliphatic hydroxyl groups excluding tert-OH is 1. The molecule has 0 unspecified atom stereocenters. The molecule has 13 heteroatoms. The number of hydrogen-bond donors (Lipinski definition) is 4. The minimum Gasteiger partial charge on any atom is -0.490 e.